The van der Waals surface area contributed by atoms with E-state index in [1.807, 2.05) is 20.8 Å². The van der Waals surface area contributed by atoms with Crippen LogP contribution in [0.3, 0.4) is 0 Å². The van der Waals surface area contributed by atoms with Crippen LogP contribution in [0.15, 0.2) is 0 Å². The first-order valence-corrected chi connectivity index (χ1v) is 5.97. The molecule has 1 saturated carbocycles. The molecule has 0 aromatic carbocycles. The largest absolute Gasteiger partial charge is 0.400 e. The first kappa shape index (κ1) is 15.6. The van der Waals surface area contributed by atoms with E-state index in [1.165, 1.54) is 0 Å². The molecule has 0 amide bonds. The quantitative estimate of drug-likeness (QED) is 0.578. The predicted molar refractivity (Wildman–Crippen MR) is 55.9 cm³/mol. The van der Waals surface area contributed by atoms with Gasteiger partial charge in [-0.25, -0.2) is 0 Å². The van der Waals surface area contributed by atoms with E-state index >= 15 is 0 Å². The lowest BCUT2D eigenvalue weighted by Crippen LogP contribution is -2.41. The van der Waals surface area contributed by atoms with Crippen molar-refractivity contribution in [2.75, 3.05) is 0 Å². The Labute approximate surface area is 103 Å². The zero-order valence-electron chi connectivity index (χ0n) is 10.6. The standard InChI is InChI=1S/C12H18F6/c1-10(2,3)8-5-4-7(6-8)9(11(13,14)15)12(16,17)18/h7-9H,4-6H2,1-3H3. The van der Waals surface area contributed by atoms with Gasteiger partial charge in [-0.1, -0.05) is 20.8 Å². The molecule has 0 bridgehead atoms. The van der Waals surface area contributed by atoms with Crippen molar-refractivity contribution in [1.29, 1.82) is 0 Å². The van der Waals surface area contributed by atoms with Gasteiger partial charge in [-0.3, -0.25) is 0 Å². The zero-order chi connectivity index (χ0) is 14.4. The van der Waals surface area contributed by atoms with E-state index in [0.29, 0.717) is 6.42 Å². The minimum atomic E-state index is -5.20. The fourth-order valence-corrected chi connectivity index (χ4v) is 2.83. The second-order valence-electron chi connectivity index (χ2n) is 6.20. The summed E-state index contributed by atoms with van der Waals surface area (Å²) < 4.78 is 75.4. The third-order valence-corrected chi connectivity index (χ3v) is 3.87. The molecular weight excluding hydrogens is 258 g/mol. The van der Waals surface area contributed by atoms with Crippen LogP contribution in [0.2, 0.25) is 0 Å². The van der Waals surface area contributed by atoms with Crippen molar-refractivity contribution in [2.24, 2.45) is 23.2 Å². The van der Waals surface area contributed by atoms with Gasteiger partial charge in [0, 0.05) is 0 Å². The normalized spacial score (nSPS) is 27.0. The van der Waals surface area contributed by atoms with Gasteiger partial charge in [0.05, 0.1) is 0 Å². The van der Waals surface area contributed by atoms with Gasteiger partial charge in [-0.15, -0.1) is 0 Å². The van der Waals surface area contributed by atoms with Crippen LogP contribution in [-0.2, 0) is 0 Å². The smallest absolute Gasteiger partial charge is 0.170 e. The van der Waals surface area contributed by atoms with Crippen molar-refractivity contribution < 1.29 is 26.3 Å². The number of hydrogen-bond acceptors (Lipinski definition) is 0. The molecule has 0 saturated heterocycles. The van der Waals surface area contributed by atoms with Gasteiger partial charge >= 0.3 is 12.4 Å². The summed E-state index contributed by atoms with van der Waals surface area (Å²) in [7, 11) is 0. The second kappa shape index (κ2) is 4.60. The molecule has 18 heavy (non-hydrogen) atoms. The van der Waals surface area contributed by atoms with Crippen molar-refractivity contribution >= 4 is 0 Å². The van der Waals surface area contributed by atoms with Gasteiger partial charge in [-0.2, -0.15) is 26.3 Å². The lowest BCUT2D eigenvalue weighted by molar-refractivity contribution is -0.298. The molecule has 0 spiro atoms. The van der Waals surface area contributed by atoms with E-state index < -0.39 is 24.2 Å². The highest BCUT2D eigenvalue weighted by Crippen LogP contribution is 2.52. The van der Waals surface area contributed by atoms with Crippen LogP contribution < -0.4 is 0 Å². The molecule has 1 aliphatic rings. The number of hydrogen-bond donors (Lipinski definition) is 0. The molecule has 108 valence electrons. The van der Waals surface area contributed by atoms with E-state index in [0.717, 1.165) is 0 Å². The van der Waals surface area contributed by atoms with Crippen LogP contribution in [-0.4, -0.2) is 12.4 Å². The summed E-state index contributed by atoms with van der Waals surface area (Å²) >= 11 is 0. The van der Waals surface area contributed by atoms with Crippen LogP contribution in [0.25, 0.3) is 0 Å². The van der Waals surface area contributed by atoms with E-state index in [2.05, 4.69) is 0 Å². The number of alkyl halides is 6. The molecule has 1 rings (SSSR count). The van der Waals surface area contributed by atoms with Crippen molar-refractivity contribution in [3.63, 3.8) is 0 Å². The molecule has 6 heteroatoms. The molecule has 0 aromatic heterocycles. The molecule has 0 aliphatic heterocycles. The maximum Gasteiger partial charge on any atom is 0.400 e. The molecule has 2 unspecified atom stereocenters. The highest BCUT2D eigenvalue weighted by molar-refractivity contribution is 4.91. The van der Waals surface area contributed by atoms with Crippen molar-refractivity contribution in [2.45, 2.75) is 52.4 Å². The minimum absolute atomic E-state index is 0.00558. The monoisotopic (exact) mass is 276 g/mol. The molecule has 0 aromatic rings. The first-order chi connectivity index (χ1) is 7.83. The van der Waals surface area contributed by atoms with Crippen LogP contribution in [0, 0.1) is 23.2 Å². The van der Waals surface area contributed by atoms with Crippen LogP contribution in [0.5, 0.6) is 0 Å². The van der Waals surface area contributed by atoms with E-state index in [9.17, 15) is 26.3 Å². The first-order valence-electron chi connectivity index (χ1n) is 5.97. The summed E-state index contributed by atoms with van der Waals surface area (Å²) in [6.07, 6.45) is -9.94. The Morgan fingerprint density at radius 3 is 1.56 bits per heavy atom. The Hall–Kier alpha value is -0.420. The Morgan fingerprint density at radius 1 is 0.833 bits per heavy atom. The highest BCUT2D eigenvalue weighted by atomic mass is 19.4. The number of rotatable bonds is 1. The highest BCUT2D eigenvalue weighted by Gasteiger charge is 2.61. The van der Waals surface area contributed by atoms with E-state index in [-0.39, 0.29) is 24.2 Å². The van der Waals surface area contributed by atoms with E-state index in [1.54, 1.807) is 0 Å². The molecule has 0 heterocycles. The third-order valence-electron chi connectivity index (χ3n) is 3.87. The molecular formula is C12H18F6. The maximum atomic E-state index is 12.6. The Kier molecular flexibility index (Phi) is 4.00. The van der Waals surface area contributed by atoms with Crippen LogP contribution in [0.1, 0.15) is 40.0 Å². The summed E-state index contributed by atoms with van der Waals surface area (Å²) in [5.41, 5.74) is -0.240. The zero-order valence-corrected chi connectivity index (χ0v) is 10.6. The van der Waals surface area contributed by atoms with Gasteiger partial charge in [0.25, 0.3) is 0 Å². The maximum absolute atomic E-state index is 12.6. The fourth-order valence-electron chi connectivity index (χ4n) is 2.83. The Morgan fingerprint density at radius 2 is 1.28 bits per heavy atom. The molecule has 1 aliphatic carbocycles. The average molecular weight is 276 g/mol. The average Bonchev–Trinajstić information content (AvgIpc) is 2.45. The lowest BCUT2D eigenvalue weighted by atomic mass is 9.78. The van der Waals surface area contributed by atoms with Crippen LogP contribution in [0.4, 0.5) is 26.3 Å². The Bertz CT molecular complexity index is 268. The third kappa shape index (κ3) is 3.54. The summed E-state index contributed by atoms with van der Waals surface area (Å²) in [5, 5.41) is 0. The van der Waals surface area contributed by atoms with Gasteiger partial charge in [0.2, 0.25) is 0 Å². The lowest BCUT2D eigenvalue weighted by Gasteiger charge is -2.30. The predicted octanol–water partition coefficient (Wildman–Crippen LogP) is 5.19. The summed E-state index contributed by atoms with van der Waals surface area (Å²) in [6, 6.07) is 0. The summed E-state index contributed by atoms with van der Waals surface area (Å²) in [6.45, 7) is 5.57. The SMILES string of the molecule is CC(C)(C)C1CCC(C(C(F)(F)F)C(F)(F)F)C1. The molecule has 1 fully saturated rings. The minimum Gasteiger partial charge on any atom is -0.170 e. The van der Waals surface area contributed by atoms with Gasteiger partial charge in [0.1, 0.15) is 0 Å². The Balaban J connectivity index is 2.86. The molecule has 0 N–H and O–H groups in total. The second-order valence-corrected chi connectivity index (χ2v) is 6.20. The van der Waals surface area contributed by atoms with Crippen LogP contribution >= 0.6 is 0 Å². The molecule has 2 atom stereocenters. The molecule has 0 nitrogen and oxygen atoms in total. The van der Waals surface area contributed by atoms with Gasteiger partial charge in [0.15, 0.2) is 5.92 Å². The van der Waals surface area contributed by atoms with Crippen molar-refractivity contribution in [3.8, 4) is 0 Å². The summed E-state index contributed by atoms with van der Waals surface area (Å²) in [4.78, 5) is 0. The molecule has 0 radical (unpaired) electrons. The van der Waals surface area contributed by atoms with Gasteiger partial charge in [-0.05, 0) is 36.5 Å². The van der Waals surface area contributed by atoms with Gasteiger partial charge < -0.3 is 0 Å². The summed E-state index contributed by atoms with van der Waals surface area (Å²) in [5.74, 6) is -4.57. The van der Waals surface area contributed by atoms with Crippen molar-refractivity contribution in [1.82, 2.24) is 0 Å². The van der Waals surface area contributed by atoms with Crippen molar-refractivity contribution in [3.05, 3.63) is 0 Å². The topological polar surface area (TPSA) is 0 Å². The fraction of sp³-hybridized carbons (Fsp3) is 1.00. The van der Waals surface area contributed by atoms with E-state index in [4.69, 9.17) is 0 Å². The number of halogens is 6.